The predicted molar refractivity (Wildman–Crippen MR) is 68.9 cm³/mol. The highest BCUT2D eigenvalue weighted by atomic mass is 32.2. The highest BCUT2D eigenvalue weighted by Crippen LogP contribution is 2.47. The van der Waals surface area contributed by atoms with Crippen molar-refractivity contribution >= 4 is 23.6 Å². The molecule has 2 amide bonds. The first kappa shape index (κ1) is 12.7. The molecule has 0 aromatic rings. The lowest BCUT2D eigenvalue weighted by Gasteiger charge is -2.27. The van der Waals surface area contributed by atoms with E-state index in [1.807, 2.05) is 23.6 Å². The molecule has 2 fully saturated rings. The number of nitrogens with zero attached hydrogens (tertiary/aromatic N) is 1. The molecule has 1 aliphatic heterocycles. The Labute approximate surface area is 106 Å². The molecule has 0 aromatic heterocycles. The van der Waals surface area contributed by atoms with Crippen molar-refractivity contribution in [2.24, 2.45) is 0 Å². The molecule has 4 nitrogen and oxygen atoms in total. The van der Waals surface area contributed by atoms with E-state index < -0.39 is 0 Å². The highest BCUT2D eigenvalue weighted by molar-refractivity contribution is 8.00. The topological polar surface area (TPSA) is 49.4 Å². The van der Waals surface area contributed by atoms with Crippen molar-refractivity contribution in [3.8, 4) is 0 Å². The fourth-order valence-corrected chi connectivity index (χ4v) is 3.04. The monoisotopic (exact) mass is 256 g/mol. The van der Waals surface area contributed by atoms with E-state index in [4.69, 9.17) is 0 Å². The van der Waals surface area contributed by atoms with Gasteiger partial charge in [0.1, 0.15) is 6.04 Å². The molecule has 1 saturated carbocycles. The lowest BCUT2D eigenvalue weighted by atomic mass is 10.2. The second kappa shape index (κ2) is 4.88. The van der Waals surface area contributed by atoms with Crippen LogP contribution in [-0.2, 0) is 9.59 Å². The summed E-state index contributed by atoms with van der Waals surface area (Å²) in [6, 6.07) is -0.317. The molecule has 1 unspecified atom stereocenters. The number of nitrogens with one attached hydrogen (secondary N) is 1. The van der Waals surface area contributed by atoms with Crippen LogP contribution in [0.4, 0.5) is 0 Å². The average Bonchev–Trinajstić information content (AvgIpc) is 3.11. The van der Waals surface area contributed by atoms with Crippen molar-refractivity contribution in [3.05, 3.63) is 0 Å². The molecule has 0 aromatic carbocycles. The Morgan fingerprint density at radius 2 is 2.18 bits per heavy atom. The number of rotatable bonds is 4. The van der Waals surface area contributed by atoms with Gasteiger partial charge in [0.25, 0.3) is 0 Å². The van der Waals surface area contributed by atoms with Crippen LogP contribution in [0.1, 0.15) is 32.6 Å². The molecule has 1 N–H and O–H groups in total. The van der Waals surface area contributed by atoms with Gasteiger partial charge in [0, 0.05) is 24.3 Å². The van der Waals surface area contributed by atoms with E-state index in [1.165, 1.54) is 12.8 Å². The number of thioether (sulfide) groups is 1. The van der Waals surface area contributed by atoms with E-state index in [0.717, 1.165) is 6.54 Å². The van der Waals surface area contributed by atoms with Crippen LogP contribution < -0.4 is 5.32 Å². The molecule has 96 valence electrons. The first-order valence-electron chi connectivity index (χ1n) is 6.23. The third-order valence-corrected chi connectivity index (χ3v) is 5.09. The van der Waals surface area contributed by atoms with Gasteiger partial charge in [-0.3, -0.25) is 9.59 Å². The van der Waals surface area contributed by atoms with Crippen LogP contribution in [-0.4, -0.2) is 46.8 Å². The first-order chi connectivity index (χ1) is 8.10. The van der Waals surface area contributed by atoms with Crippen LogP contribution in [0, 0.1) is 0 Å². The fraction of sp³-hybridized carbons (Fsp3) is 0.833. The summed E-state index contributed by atoms with van der Waals surface area (Å²) in [6.45, 7) is 3.32. The minimum absolute atomic E-state index is 0.00157. The zero-order chi connectivity index (χ0) is 12.5. The number of hydrogen-bond donors (Lipinski definition) is 1. The molecule has 2 aliphatic rings. The summed E-state index contributed by atoms with van der Waals surface area (Å²) in [5, 5.41) is 2.80. The van der Waals surface area contributed by atoms with Crippen molar-refractivity contribution in [2.45, 2.75) is 43.4 Å². The zero-order valence-corrected chi connectivity index (χ0v) is 11.3. The van der Waals surface area contributed by atoms with Crippen molar-refractivity contribution in [3.63, 3.8) is 0 Å². The molecule has 1 atom stereocenters. The Morgan fingerprint density at radius 3 is 2.71 bits per heavy atom. The lowest BCUT2D eigenvalue weighted by Crippen LogP contribution is -2.46. The van der Waals surface area contributed by atoms with Gasteiger partial charge in [0.05, 0.1) is 0 Å². The summed E-state index contributed by atoms with van der Waals surface area (Å²) >= 11 is 1.85. The van der Waals surface area contributed by atoms with Gasteiger partial charge in [-0.05, 0) is 25.5 Å². The Morgan fingerprint density at radius 1 is 1.47 bits per heavy atom. The maximum Gasteiger partial charge on any atom is 0.245 e. The summed E-state index contributed by atoms with van der Waals surface area (Å²) in [4.78, 5) is 25.6. The quantitative estimate of drug-likeness (QED) is 0.816. The summed E-state index contributed by atoms with van der Waals surface area (Å²) in [5.74, 6) is 0.0976. The molecule has 2 rings (SSSR count). The van der Waals surface area contributed by atoms with E-state index in [-0.39, 0.29) is 22.6 Å². The van der Waals surface area contributed by atoms with Crippen LogP contribution in [0.15, 0.2) is 0 Å². The van der Waals surface area contributed by atoms with Gasteiger partial charge < -0.3 is 10.2 Å². The van der Waals surface area contributed by atoms with Crippen LogP contribution >= 0.6 is 11.8 Å². The summed E-state index contributed by atoms with van der Waals surface area (Å²) < 4.78 is 0.279. The second-order valence-corrected chi connectivity index (χ2v) is 6.20. The smallest absolute Gasteiger partial charge is 0.245 e. The molecule has 0 spiro atoms. The molecule has 0 radical (unpaired) electrons. The minimum atomic E-state index is -0.317. The number of hydrogen-bond acceptors (Lipinski definition) is 3. The van der Waals surface area contributed by atoms with E-state index in [1.54, 1.807) is 0 Å². The van der Waals surface area contributed by atoms with Gasteiger partial charge in [0.15, 0.2) is 0 Å². The van der Waals surface area contributed by atoms with Crippen LogP contribution in [0.5, 0.6) is 0 Å². The summed E-state index contributed by atoms with van der Waals surface area (Å²) in [7, 11) is 0. The second-order valence-electron chi connectivity index (χ2n) is 4.93. The van der Waals surface area contributed by atoms with Gasteiger partial charge in [-0.25, -0.2) is 0 Å². The largest absolute Gasteiger partial charge is 0.344 e. The van der Waals surface area contributed by atoms with E-state index in [0.29, 0.717) is 19.4 Å². The normalized spacial score (nSPS) is 27.6. The minimum Gasteiger partial charge on any atom is -0.344 e. The van der Waals surface area contributed by atoms with Gasteiger partial charge in [-0.2, -0.15) is 11.8 Å². The maximum absolute atomic E-state index is 12.2. The number of carbonyl (C=O) groups is 2. The Kier molecular flexibility index (Phi) is 3.66. The fourth-order valence-electron chi connectivity index (χ4n) is 2.24. The first-order valence-corrected chi connectivity index (χ1v) is 7.46. The molecule has 1 heterocycles. The molecular weight excluding hydrogens is 236 g/mol. The maximum atomic E-state index is 12.2. The van der Waals surface area contributed by atoms with E-state index in [9.17, 15) is 9.59 Å². The summed E-state index contributed by atoms with van der Waals surface area (Å²) in [5.41, 5.74) is 0. The van der Waals surface area contributed by atoms with Gasteiger partial charge >= 0.3 is 0 Å². The molecule has 17 heavy (non-hydrogen) atoms. The Bertz CT molecular complexity index is 328. The van der Waals surface area contributed by atoms with Crippen LogP contribution in [0.25, 0.3) is 0 Å². The van der Waals surface area contributed by atoms with Crippen LogP contribution in [0.2, 0.25) is 0 Å². The molecular formula is C12H20N2O2S. The SMILES string of the molecule is CCC1NC(=O)CCN(CC2(SC)CC2)C1=O. The number of carbonyl (C=O) groups excluding carboxylic acids is 2. The van der Waals surface area contributed by atoms with Crippen molar-refractivity contribution < 1.29 is 9.59 Å². The number of amides is 2. The zero-order valence-electron chi connectivity index (χ0n) is 10.5. The average molecular weight is 256 g/mol. The van der Waals surface area contributed by atoms with E-state index in [2.05, 4.69) is 11.6 Å². The van der Waals surface area contributed by atoms with Crippen LogP contribution in [0.3, 0.4) is 0 Å². The summed E-state index contributed by atoms with van der Waals surface area (Å²) in [6.07, 6.45) is 5.60. The molecule has 5 heteroatoms. The third-order valence-electron chi connectivity index (χ3n) is 3.68. The molecule has 0 bridgehead atoms. The Hall–Kier alpha value is -0.710. The highest BCUT2D eigenvalue weighted by Gasteiger charge is 2.45. The van der Waals surface area contributed by atoms with E-state index >= 15 is 0 Å². The third kappa shape index (κ3) is 2.76. The predicted octanol–water partition coefficient (Wildman–Crippen LogP) is 1.01. The standard InChI is InChI=1S/C12H20N2O2S/c1-3-9-11(16)14(7-4-10(15)13-9)8-12(17-2)5-6-12/h9H,3-8H2,1-2H3,(H,13,15). The van der Waals surface area contributed by atoms with Gasteiger partial charge in [-0.1, -0.05) is 6.92 Å². The molecule has 1 aliphatic carbocycles. The van der Waals surface area contributed by atoms with Crippen molar-refractivity contribution in [1.82, 2.24) is 10.2 Å². The van der Waals surface area contributed by atoms with Gasteiger partial charge in [0.2, 0.25) is 11.8 Å². The van der Waals surface area contributed by atoms with Crippen molar-refractivity contribution in [2.75, 3.05) is 19.3 Å². The van der Waals surface area contributed by atoms with Crippen molar-refractivity contribution in [1.29, 1.82) is 0 Å². The molecule has 1 saturated heterocycles. The van der Waals surface area contributed by atoms with Gasteiger partial charge in [-0.15, -0.1) is 0 Å². The Balaban J connectivity index is 2.04. The lowest BCUT2D eigenvalue weighted by molar-refractivity contribution is -0.133.